The zero-order valence-electron chi connectivity index (χ0n) is 10.4. The summed E-state index contributed by atoms with van der Waals surface area (Å²) < 4.78 is 0. The molecule has 0 unspecified atom stereocenters. The van der Waals surface area contributed by atoms with E-state index >= 15 is 0 Å². The predicted octanol–water partition coefficient (Wildman–Crippen LogP) is 1.09. The average Bonchev–Trinajstić information content (AvgIpc) is 2.30. The standard InChI is InChI=1S/C11H22N2O3/c1-4-8-12-10(14)6-7-11(15)13(16-3)9-5-2/h4-9H2,1-3H3,(H,12,14). The van der Waals surface area contributed by atoms with Gasteiger partial charge in [-0.1, -0.05) is 13.8 Å². The van der Waals surface area contributed by atoms with Gasteiger partial charge >= 0.3 is 0 Å². The highest BCUT2D eigenvalue weighted by molar-refractivity contribution is 5.83. The van der Waals surface area contributed by atoms with Gasteiger partial charge in [-0.25, -0.2) is 5.06 Å². The molecule has 0 heterocycles. The van der Waals surface area contributed by atoms with E-state index in [-0.39, 0.29) is 24.7 Å². The summed E-state index contributed by atoms with van der Waals surface area (Å²) in [6, 6.07) is 0. The van der Waals surface area contributed by atoms with Crippen LogP contribution in [0.2, 0.25) is 0 Å². The highest BCUT2D eigenvalue weighted by Crippen LogP contribution is 1.99. The van der Waals surface area contributed by atoms with Crippen molar-refractivity contribution in [3.8, 4) is 0 Å². The Morgan fingerprint density at radius 2 is 1.88 bits per heavy atom. The fraction of sp³-hybridized carbons (Fsp3) is 0.818. The van der Waals surface area contributed by atoms with E-state index in [2.05, 4.69) is 5.32 Å². The lowest BCUT2D eigenvalue weighted by Crippen LogP contribution is -2.32. The zero-order chi connectivity index (χ0) is 12.4. The van der Waals surface area contributed by atoms with Crippen molar-refractivity contribution in [3.63, 3.8) is 0 Å². The summed E-state index contributed by atoms with van der Waals surface area (Å²) in [7, 11) is 1.46. The van der Waals surface area contributed by atoms with E-state index in [1.807, 2.05) is 13.8 Å². The molecule has 0 spiro atoms. The molecule has 5 heteroatoms. The van der Waals surface area contributed by atoms with Gasteiger partial charge in [-0.2, -0.15) is 0 Å². The minimum Gasteiger partial charge on any atom is -0.356 e. The number of hydrogen-bond donors (Lipinski definition) is 1. The first-order chi connectivity index (χ1) is 7.65. The Bertz CT molecular complexity index is 219. The molecule has 0 fully saturated rings. The molecule has 0 saturated carbocycles. The summed E-state index contributed by atoms with van der Waals surface area (Å²) in [5.74, 6) is -0.223. The second-order valence-electron chi connectivity index (χ2n) is 3.53. The molecule has 0 aliphatic carbocycles. The summed E-state index contributed by atoms with van der Waals surface area (Å²) in [4.78, 5) is 27.7. The predicted molar refractivity (Wildman–Crippen MR) is 61.5 cm³/mol. The average molecular weight is 230 g/mol. The molecule has 0 rings (SSSR count). The van der Waals surface area contributed by atoms with Crippen molar-refractivity contribution in [2.24, 2.45) is 0 Å². The number of rotatable bonds is 8. The van der Waals surface area contributed by atoms with Crippen LogP contribution in [0.25, 0.3) is 0 Å². The zero-order valence-corrected chi connectivity index (χ0v) is 10.4. The fourth-order valence-electron chi connectivity index (χ4n) is 1.22. The number of nitrogens with zero attached hydrogens (tertiary/aromatic N) is 1. The Kier molecular flexibility index (Phi) is 8.52. The first-order valence-corrected chi connectivity index (χ1v) is 5.76. The number of nitrogens with one attached hydrogen (secondary N) is 1. The van der Waals surface area contributed by atoms with Crippen LogP contribution in [0.1, 0.15) is 39.5 Å². The largest absolute Gasteiger partial charge is 0.356 e. The Morgan fingerprint density at radius 3 is 2.38 bits per heavy atom. The molecule has 94 valence electrons. The van der Waals surface area contributed by atoms with Crippen LogP contribution in [0.15, 0.2) is 0 Å². The quantitative estimate of drug-likeness (QED) is 0.635. The Balaban J connectivity index is 3.81. The second-order valence-corrected chi connectivity index (χ2v) is 3.53. The van der Waals surface area contributed by atoms with Gasteiger partial charge in [-0.15, -0.1) is 0 Å². The smallest absolute Gasteiger partial charge is 0.246 e. The van der Waals surface area contributed by atoms with E-state index in [1.54, 1.807) is 0 Å². The number of hydroxylamine groups is 2. The molecule has 2 amide bonds. The van der Waals surface area contributed by atoms with E-state index in [0.29, 0.717) is 13.1 Å². The molecule has 0 aliphatic rings. The van der Waals surface area contributed by atoms with Gasteiger partial charge in [0.25, 0.3) is 0 Å². The summed E-state index contributed by atoms with van der Waals surface area (Å²) >= 11 is 0. The van der Waals surface area contributed by atoms with E-state index in [0.717, 1.165) is 12.8 Å². The molecule has 16 heavy (non-hydrogen) atoms. The molecule has 1 N–H and O–H groups in total. The van der Waals surface area contributed by atoms with Crippen molar-refractivity contribution in [2.75, 3.05) is 20.2 Å². The minimum absolute atomic E-state index is 0.0808. The number of carbonyl (C=O) groups excluding carboxylic acids is 2. The summed E-state index contributed by atoms with van der Waals surface area (Å²) in [5.41, 5.74) is 0. The van der Waals surface area contributed by atoms with Crippen LogP contribution < -0.4 is 5.32 Å². The van der Waals surface area contributed by atoms with Crippen LogP contribution in [0, 0.1) is 0 Å². The minimum atomic E-state index is -0.143. The third-order valence-corrected chi connectivity index (χ3v) is 2.06. The monoisotopic (exact) mass is 230 g/mol. The van der Waals surface area contributed by atoms with Crippen molar-refractivity contribution >= 4 is 11.8 Å². The number of carbonyl (C=O) groups is 2. The molecule has 0 aliphatic heterocycles. The Hall–Kier alpha value is -1.10. The van der Waals surface area contributed by atoms with E-state index in [4.69, 9.17) is 4.84 Å². The van der Waals surface area contributed by atoms with Crippen LogP contribution in [-0.4, -0.2) is 37.1 Å². The van der Waals surface area contributed by atoms with Crippen LogP contribution in [0.4, 0.5) is 0 Å². The van der Waals surface area contributed by atoms with E-state index in [9.17, 15) is 9.59 Å². The van der Waals surface area contributed by atoms with Gasteiger partial charge in [0.1, 0.15) is 0 Å². The van der Waals surface area contributed by atoms with Crippen molar-refractivity contribution in [1.29, 1.82) is 0 Å². The second kappa shape index (κ2) is 9.15. The molecule has 0 radical (unpaired) electrons. The highest BCUT2D eigenvalue weighted by Gasteiger charge is 2.13. The van der Waals surface area contributed by atoms with E-state index in [1.165, 1.54) is 12.2 Å². The molecular formula is C11H22N2O3. The fourth-order valence-corrected chi connectivity index (χ4v) is 1.22. The van der Waals surface area contributed by atoms with Crippen LogP contribution >= 0.6 is 0 Å². The van der Waals surface area contributed by atoms with Gasteiger partial charge in [0, 0.05) is 25.9 Å². The Labute approximate surface area is 97.1 Å². The van der Waals surface area contributed by atoms with Gasteiger partial charge in [-0.05, 0) is 12.8 Å². The summed E-state index contributed by atoms with van der Waals surface area (Å²) in [6.07, 6.45) is 2.16. The maximum atomic E-state index is 11.6. The third kappa shape index (κ3) is 6.40. The van der Waals surface area contributed by atoms with Gasteiger partial charge in [0.2, 0.25) is 11.8 Å². The van der Waals surface area contributed by atoms with Crippen molar-refractivity contribution in [1.82, 2.24) is 10.4 Å². The van der Waals surface area contributed by atoms with Gasteiger partial charge < -0.3 is 5.32 Å². The maximum Gasteiger partial charge on any atom is 0.246 e. The first-order valence-electron chi connectivity index (χ1n) is 5.76. The van der Waals surface area contributed by atoms with Crippen LogP contribution in [-0.2, 0) is 14.4 Å². The lowest BCUT2D eigenvalue weighted by Gasteiger charge is -2.18. The van der Waals surface area contributed by atoms with Crippen LogP contribution in [0.5, 0.6) is 0 Å². The number of hydrogen-bond acceptors (Lipinski definition) is 3. The van der Waals surface area contributed by atoms with Crippen LogP contribution in [0.3, 0.4) is 0 Å². The lowest BCUT2D eigenvalue weighted by atomic mass is 10.2. The van der Waals surface area contributed by atoms with Gasteiger partial charge in [0.15, 0.2) is 0 Å². The normalized spacial score (nSPS) is 9.94. The Morgan fingerprint density at radius 1 is 1.19 bits per heavy atom. The molecule has 0 bridgehead atoms. The topological polar surface area (TPSA) is 58.6 Å². The molecule has 0 saturated heterocycles. The van der Waals surface area contributed by atoms with Gasteiger partial charge in [-0.3, -0.25) is 14.4 Å². The van der Waals surface area contributed by atoms with Gasteiger partial charge in [0.05, 0.1) is 7.11 Å². The maximum absolute atomic E-state index is 11.6. The molecule has 0 aromatic rings. The third-order valence-electron chi connectivity index (χ3n) is 2.06. The first kappa shape index (κ1) is 14.9. The molecule has 0 atom stereocenters. The van der Waals surface area contributed by atoms with E-state index < -0.39 is 0 Å². The summed E-state index contributed by atoms with van der Waals surface area (Å²) in [5, 5.41) is 4.02. The number of amides is 2. The SMILES string of the molecule is CCCNC(=O)CCC(=O)N(CCC)OC. The van der Waals surface area contributed by atoms with Crippen molar-refractivity contribution in [3.05, 3.63) is 0 Å². The van der Waals surface area contributed by atoms with Crippen molar-refractivity contribution < 1.29 is 14.4 Å². The molecular weight excluding hydrogens is 208 g/mol. The molecule has 0 aromatic heterocycles. The molecule has 0 aromatic carbocycles. The van der Waals surface area contributed by atoms with Crippen molar-refractivity contribution in [2.45, 2.75) is 39.5 Å². The molecule has 5 nitrogen and oxygen atoms in total. The highest BCUT2D eigenvalue weighted by atomic mass is 16.7. The lowest BCUT2D eigenvalue weighted by molar-refractivity contribution is -0.176. The summed E-state index contributed by atoms with van der Waals surface area (Å²) in [6.45, 7) is 5.18.